The Morgan fingerprint density at radius 3 is 2.71 bits per heavy atom. The smallest absolute Gasteiger partial charge is 0.149 e. The third kappa shape index (κ3) is 3.84. The van der Waals surface area contributed by atoms with Gasteiger partial charge in [0.1, 0.15) is 11.0 Å². The molecule has 4 heteroatoms. The Hall–Kier alpha value is -0.830. The first-order valence-electron chi connectivity index (χ1n) is 6.52. The van der Waals surface area contributed by atoms with Gasteiger partial charge in [-0.15, -0.1) is 0 Å². The molecule has 3 nitrogen and oxygen atoms in total. The van der Waals surface area contributed by atoms with Gasteiger partial charge in [0.25, 0.3) is 0 Å². The van der Waals surface area contributed by atoms with Crippen LogP contribution in [0.15, 0.2) is 12.4 Å². The summed E-state index contributed by atoms with van der Waals surface area (Å²) in [4.78, 5) is 8.25. The van der Waals surface area contributed by atoms with Gasteiger partial charge in [0.05, 0.1) is 12.4 Å². The van der Waals surface area contributed by atoms with E-state index in [0.29, 0.717) is 11.2 Å². The minimum absolute atomic E-state index is 0.453. The Morgan fingerprint density at radius 1 is 1.29 bits per heavy atom. The van der Waals surface area contributed by atoms with E-state index in [1.807, 2.05) is 0 Å². The number of nitrogens with one attached hydrogen (secondary N) is 1. The molecule has 0 bridgehead atoms. The molecule has 1 aliphatic carbocycles. The van der Waals surface area contributed by atoms with Crippen molar-refractivity contribution in [1.82, 2.24) is 9.97 Å². The van der Waals surface area contributed by atoms with Crippen LogP contribution in [-0.2, 0) is 0 Å². The average Bonchev–Trinajstić information content (AvgIpc) is 2.32. The zero-order valence-electron chi connectivity index (χ0n) is 10.3. The number of halogens is 1. The summed E-state index contributed by atoms with van der Waals surface area (Å²) in [5.41, 5.74) is 0. The average molecular weight is 254 g/mol. The van der Waals surface area contributed by atoms with Crippen molar-refractivity contribution in [3.05, 3.63) is 17.5 Å². The number of hydrogen-bond donors (Lipinski definition) is 1. The lowest BCUT2D eigenvalue weighted by atomic mass is 9.83. The van der Waals surface area contributed by atoms with Gasteiger partial charge in [-0.25, -0.2) is 4.98 Å². The molecule has 0 atom stereocenters. The van der Waals surface area contributed by atoms with Crippen LogP contribution >= 0.6 is 11.6 Å². The number of rotatable bonds is 4. The van der Waals surface area contributed by atoms with Gasteiger partial charge < -0.3 is 5.32 Å². The lowest BCUT2D eigenvalue weighted by molar-refractivity contribution is 0.318. The van der Waals surface area contributed by atoms with Crippen LogP contribution in [0.3, 0.4) is 0 Å². The molecule has 0 unspecified atom stereocenters. The molecule has 1 N–H and O–H groups in total. The van der Waals surface area contributed by atoms with Gasteiger partial charge in [-0.2, -0.15) is 0 Å². The summed E-state index contributed by atoms with van der Waals surface area (Å²) in [5.74, 6) is 1.74. The van der Waals surface area contributed by atoms with Crippen LogP contribution in [0, 0.1) is 5.92 Å². The van der Waals surface area contributed by atoms with Crippen LogP contribution in [-0.4, -0.2) is 16.0 Å². The molecule has 1 heterocycles. The molecule has 94 valence electrons. The lowest BCUT2D eigenvalue weighted by Gasteiger charge is -2.29. The van der Waals surface area contributed by atoms with E-state index in [-0.39, 0.29) is 0 Å². The molecule has 0 saturated heterocycles. The van der Waals surface area contributed by atoms with Crippen LogP contribution < -0.4 is 5.32 Å². The van der Waals surface area contributed by atoms with Gasteiger partial charge in [0.15, 0.2) is 0 Å². The second-order valence-electron chi connectivity index (χ2n) is 4.88. The molecule has 2 rings (SSSR count). The molecule has 0 spiro atoms. The fourth-order valence-corrected chi connectivity index (χ4v) is 2.77. The summed E-state index contributed by atoms with van der Waals surface area (Å²) in [7, 11) is 0. The molecule has 1 saturated carbocycles. The highest BCUT2D eigenvalue weighted by molar-refractivity contribution is 6.29. The van der Waals surface area contributed by atoms with E-state index >= 15 is 0 Å². The minimum atomic E-state index is 0.453. The molecule has 0 amide bonds. The zero-order chi connectivity index (χ0) is 12.1. The van der Waals surface area contributed by atoms with Gasteiger partial charge in [0.2, 0.25) is 0 Å². The second-order valence-corrected chi connectivity index (χ2v) is 5.26. The molecule has 1 aromatic heterocycles. The summed E-state index contributed by atoms with van der Waals surface area (Å²) >= 11 is 5.81. The second kappa shape index (κ2) is 6.20. The Labute approximate surface area is 108 Å². The first-order valence-corrected chi connectivity index (χ1v) is 6.89. The predicted octanol–water partition coefficient (Wildman–Crippen LogP) is 3.90. The maximum Gasteiger partial charge on any atom is 0.149 e. The number of aromatic nitrogens is 2. The van der Waals surface area contributed by atoms with Gasteiger partial charge in [-0.1, -0.05) is 31.4 Å². The predicted molar refractivity (Wildman–Crippen MR) is 71.3 cm³/mol. The minimum Gasteiger partial charge on any atom is -0.366 e. The van der Waals surface area contributed by atoms with Gasteiger partial charge in [-0.3, -0.25) is 4.98 Å². The van der Waals surface area contributed by atoms with Crippen molar-refractivity contribution in [2.75, 3.05) is 5.32 Å². The van der Waals surface area contributed by atoms with Crippen molar-refractivity contribution in [3.63, 3.8) is 0 Å². The van der Waals surface area contributed by atoms with E-state index in [9.17, 15) is 0 Å². The van der Waals surface area contributed by atoms with Crippen molar-refractivity contribution in [3.8, 4) is 0 Å². The SMILES string of the molecule is CCCC1CCC(Nc2cncc(Cl)n2)CC1. The summed E-state index contributed by atoms with van der Waals surface area (Å²) in [6, 6.07) is 0.538. The highest BCUT2D eigenvalue weighted by Crippen LogP contribution is 2.29. The van der Waals surface area contributed by atoms with Crippen LogP contribution in [0.4, 0.5) is 5.82 Å². The van der Waals surface area contributed by atoms with E-state index < -0.39 is 0 Å². The van der Waals surface area contributed by atoms with Crippen molar-refractivity contribution < 1.29 is 0 Å². The molecule has 1 aromatic rings. The largest absolute Gasteiger partial charge is 0.366 e. The fourth-order valence-electron chi connectivity index (χ4n) is 2.62. The molecule has 0 aromatic carbocycles. The molecule has 0 radical (unpaired) electrons. The number of anilines is 1. The molecular formula is C13H20ClN3. The van der Waals surface area contributed by atoms with Crippen molar-refractivity contribution in [1.29, 1.82) is 0 Å². The number of hydrogen-bond acceptors (Lipinski definition) is 3. The van der Waals surface area contributed by atoms with E-state index in [1.165, 1.54) is 38.5 Å². The van der Waals surface area contributed by atoms with E-state index in [1.54, 1.807) is 12.4 Å². The monoisotopic (exact) mass is 253 g/mol. The lowest BCUT2D eigenvalue weighted by Crippen LogP contribution is -2.26. The molecule has 0 aliphatic heterocycles. The quantitative estimate of drug-likeness (QED) is 0.884. The Morgan fingerprint density at radius 2 is 2.06 bits per heavy atom. The normalized spacial score (nSPS) is 24.6. The van der Waals surface area contributed by atoms with Crippen molar-refractivity contribution in [2.45, 2.75) is 51.5 Å². The first kappa shape index (κ1) is 12.6. The fraction of sp³-hybridized carbons (Fsp3) is 0.692. The Bertz CT molecular complexity index is 348. The van der Waals surface area contributed by atoms with Crippen molar-refractivity contribution >= 4 is 17.4 Å². The summed E-state index contributed by atoms with van der Waals surface area (Å²) in [6.45, 7) is 2.27. The molecule has 17 heavy (non-hydrogen) atoms. The Kier molecular flexibility index (Phi) is 4.60. The van der Waals surface area contributed by atoms with Crippen LogP contribution in [0.5, 0.6) is 0 Å². The molecule has 1 aliphatic rings. The van der Waals surface area contributed by atoms with E-state index in [0.717, 1.165) is 11.7 Å². The maximum atomic E-state index is 5.81. The Balaban J connectivity index is 1.82. The molecule has 1 fully saturated rings. The third-order valence-corrected chi connectivity index (χ3v) is 3.68. The zero-order valence-corrected chi connectivity index (χ0v) is 11.1. The summed E-state index contributed by atoms with van der Waals surface area (Å²) in [5, 5.41) is 3.88. The van der Waals surface area contributed by atoms with Crippen LogP contribution in [0.1, 0.15) is 45.4 Å². The topological polar surface area (TPSA) is 37.8 Å². The van der Waals surface area contributed by atoms with E-state index in [4.69, 9.17) is 11.6 Å². The molecular weight excluding hydrogens is 234 g/mol. The standard InChI is InChI=1S/C13H20ClN3/c1-2-3-10-4-6-11(7-5-10)16-13-9-15-8-12(14)17-13/h8-11H,2-7H2,1H3,(H,16,17). The first-order chi connectivity index (χ1) is 8.28. The highest BCUT2D eigenvalue weighted by Gasteiger charge is 2.20. The third-order valence-electron chi connectivity index (χ3n) is 3.50. The van der Waals surface area contributed by atoms with Gasteiger partial charge in [-0.05, 0) is 31.6 Å². The summed E-state index contributed by atoms with van der Waals surface area (Å²) < 4.78 is 0. The van der Waals surface area contributed by atoms with Crippen LogP contribution in [0.2, 0.25) is 5.15 Å². The van der Waals surface area contributed by atoms with Gasteiger partial charge in [0, 0.05) is 6.04 Å². The summed E-state index contributed by atoms with van der Waals surface area (Å²) in [6.07, 6.45) is 11.1. The van der Waals surface area contributed by atoms with E-state index in [2.05, 4.69) is 22.2 Å². The van der Waals surface area contributed by atoms with Gasteiger partial charge >= 0.3 is 0 Å². The maximum absolute atomic E-state index is 5.81. The highest BCUT2D eigenvalue weighted by atomic mass is 35.5. The number of nitrogens with zero attached hydrogens (tertiary/aromatic N) is 2. The van der Waals surface area contributed by atoms with Crippen molar-refractivity contribution in [2.24, 2.45) is 5.92 Å². The van der Waals surface area contributed by atoms with Crippen LogP contribution in [0.25, 0.3) is 0 Å².